The second-order valence-electron chi connectivity index (χ2n) is 4.92. The topological polar surface area (TPSA) is 79.3 Å². The lowest BCUT2D eigenvalue weighted by molar-refractivity contribution is 0.104. The summed E-state index contributed by atoms with van der Waals surface area (Å²) in [4.78, 5) is 8.32. The summed E-state index contributed by atoms with van der Waals surface area (Å²) in [5.41, 5.74) is 0. The van der Waals surface area contributed by atoms with Gasteiger partial charge in [0.25, 0.3) is 0 Å². The van der Waals surface area contributed by atoms with Gasteiger partial charge in [-0.25, -0.2) is 9.97 Å². The summed E-state index contributed by atoms with van der Waals surface area (Å²) >= 11 is 0. The molecule has 1 aliphatic rings. The number of nitrogens with zero attached hydrogens (tertiary/aromatic N) is 2. The Labute approximate surface area is 113 Å². The molecule has 0 bridgehead atoms. The molecule has 1 fully saturated rings. The Kier molecular flexibility index (Phi) is 4.79. The smallest absolute Gasteiger partial charge is 0.204 e. The number of aliphatic hydroxyl groups is 1. The molecule has 106 valence electrons. The predicted octanol–water partition coefficient (Wildman–Crippen LogP) is 1.49. The number of aromatic nitrogens is 2. The molecule has 0 aliphatic heterocycles. The van der Waals surface area contributed by atoms with Crippen molar-refractivity contribution in [3.63, 3.8) is 0 Å². The van der Waals surface area contributed by atoms with Crippen LogP contribution in [0.4, 0.5) is 11.6 Å². The van der Waals surface area contributed by atoms with E-state index in [0.29, 0.717) is 23.3 Å². The molecule has 0 saturated heterocycles. The zero-order valence-electron chi connectivity index (χ0n) is 11.5. The first-order valence-electron chi connectivity index (χ1n) is 6.73. The summed E-state index contributed by atoms with van der Waals surface area (Å²) in [6, 6.07) is 0. The van der Waals surface area contributed by atoms with Crippen LogP contribution in [0.1, 0.15) is 25.7 Å². The van der Waals surface area contributed by atoms with Crippen LogP contribution >= 0.6 is 0 Å². The summed E-state index contributed by atoms with van der Waals surface area (Å²) in [6.45, 7) is 0.799. The fraction of sp³-hybridized carbons (Fsp3) is 0.692. The lowest BCUT2D eigenvalue weighted by Gasteiger charge is -2.26. The Balaban J connectivity index is 1.99. The first-order chi connectivity index (χ1) is 9.24. The number of hydrogen-bond acceptors (Lipinski definition) is 6. The summed E-state index contributed by atoms with van der Waals surface area (Å²) < 4.78 is 5.33. The highest BCUT2D eigenvalue weighted by molar-refractivity contribution is 5.63. The van der Waals surface area contributed by atoms with Crippen LogP contribution < -0.4 is 15.4 Å². The number of aliphatic hydroxyl groups excluding tert-OH is 1. The van der Waals surface area contributed by atoms with Crippen LogP contribution in [0, 0.1) is 5.92 Å². The fourth-order valence-electron chi connectivity index (χ4n) is 2.56. The van der Waals surface area contributed by atoms with Crippen molar-refractivity contribution in [2.75, 3.05) is 31.3 Å². The minimum Gasteiger partial charge on any atom is -0.490 e. The molecule has 1 aromatic rings. The molecule has 2 rings (SSSR count). The molecule has 1 heterocycles. The highest BCUT2D eigenvalue weighted by atomic mass is 16.5. The third-order valence-corrected chi connectivity index (χ3v) is 3.56. The lowest BCUT2D eigenvalue weighted by Crippen LogP contribution is -2.25. The minimum atomic E-state index is -0.152. The Morgan fingerprint density at radius 3 is 2.84 bits per heavy atom. The van der Waals surface area contributed by atoms with Crippen LogP contribution in [0.5, 0.6) is 5.75 Å². The van der Waals surface area contributed by atoms with Crippen LogP contribution in [-0.4, -0.2) is 41.9 Å². The number of methoxy groups -OCH3 is 1. The van der Waals surface area contributed by atoms with Gasteiger partial charge in [-0.2, -0.15) is 0 Å². The zero-order chi connectivity index (χ0) is 13.7. The Bertz CT molecular complexity index is 414. The van der Waals surface area contributed by atoms with E-state index in [1.165, 1.54) is 6.33 Å². The van der Waals surface area contributed by atoms with E-state index in [1.807, 2.05) is 0 Å². The molecule has 6 heteroatoms. The van der Waals surface area contributed by atoms with Gasteiger partial charge in [-0.1, -0.05) is 6.42 Å². The molecule has 2 atom stereocenters. The molecule has 2 unspecified atom stereocenters. The quantitative estimate of drug-likeness (QED) is 0.749. The molecule has 19 heavy (non-hydrogen) atoms. The minimum absolute atomic E-state index is 0.152. The third-order valence-electron chi connectivity index (χ3n) is 3.56. The summed E-state index contributed by atoms with van der Waals surface area (Å²) in [5, 5.41) is 15.9. The van der Waals surface area contributed by atoms with Gasteiger partial charge < -0.3 is 20.5 Å². The SMILES string of the molecule is CNc1ncnc(NCC2CCCC(O)C2)c1OC. The number of rotatable bonds is 5. The van der Waals surface area contributed by atoms with E-state index in [9.17, 15) is 5.11 Å². The van der Waals surface area contributed by atoms with E-state index in [2.05, 4.69) is 20.6 Å². The van der Waals surface area contributed by atoms with Crippen molar-refractivity contribution in [3.05, 3.63) is 6.33 Å². The molecule has 1 aromatic heterocycles. The van der Waals surface area contributed by atoms with Gasteiger partial charge in [-0.3, -0.25) is 0 Å². The van der Waals surface area contributed by atoms with Gasteiger partial charge in [0.05, 0.1) is 13.2 Å². The standard InChI is InChI=1S/C13H22N4O2/c1-14-12-11(19-2)13(17-8-16-12)15-7-9-4-3-5-10(18)6-9/h8-10,18H,3-7H2,1-2H3,(H2,14,15,16,17). The van der Waals surface area contributed by atoms with Crippen LogP contribution in [0.3, 0.4) is 0 Å². The van der Waals surface area contributed by atoms with Gasteiger partial charge in [0.2, 0.25) is 5.75 Å². The molecule has 0 amide bonds. The molecular formula is C13H22N4O2. The van der Waals surface area contributed by atoms with E-state index >= 15 is 0 Å². The van der Waals surface area contributed by atoms with Crippen LogP contribution in [-0.2, 0) is 0 Å². The van der Waals surface area contributed by atoms with Crippen LogP contribution in [0.25, 0.3) is 0 Å². The van der Waals surface area contributed by atoms with Gasteiger partial charge >= 0.3 is 0 Å². The van der Waals surface area contributed by atoms with Gasteiger partial charge in [0.1, 0.15) is 6.33 Å². The Hall–Kier alpha value is -1.56. The third kappa shape index (κ3) is 3.47. The van der Waals surface area contributed by atoms with E-state index in [-0.39, 0.29) is 6.10 Å². The van der Waals surface area contributed by atoms with Crippen molar-refractivity contribution in [3.8, 4) is 5.75 Å². The van der Waals surface area contributed by atoms with E-state index in [1.54, 1.807) is 14.2 Å². The lowest BCUT2D eigenvalue weighted by atomic mass is 9.87. The first-order valence-corrected chi connectivity index (χ1v) is 6.73. The Morgan fingerprint density at radius 1 is 1.37 bits per heavy atom. The number of anilines is 2. The molecule has 1 aliphatic carbocycles. The molecule has 1 saturated carbocycles. The molecular weight excluding hydrogens is 244 g/mol. The average Bonchev–Trinajstić information content (AvgIpc) is 2.44. The zero-order valence-corrected chi connectivity index (χ0v) is 11.5. The predicted molar refractivity (Wildman–Crippen MR) is 74.6 cm³/mol. The normalized spacial score (nSPS) is 22.9. The molecule has 0 spiro atoms. The van der Waals surface area contributed by atoms with E-state index in [4.69, 9.17) is 4.74 Å². The molecule has 6 nitrogen and oxygen atoms in total. The summed E-state index contributed by atoms with van der Waals surface area (Å²) in [6.07, 6.45) is 5.39. The van der Waals surface area contributed by atoms with Gasteiger partial charge in [0, 0.05) is 13.6 Å². The maximum atomic E-state index is 9.67. The van der Waals surface area contributed by atoms with Crippen molar-refractivity contribution in [2.45, 2.75) is 31.8 Å². The Morgan fingerprint density at radius 2 is 2.16 bits per heavy atom. The number of ether oxygens (including phenoxy) is 1. The van der Waals surface area contributed by atoms with Crippen molar-refractivity contribution in [1.29, 1.82) is 0 Å². The average molecular weight is 266 g/mol. The van der Waals surface area contributed by atoms with Crippen molar-refractivity contribution >= 4 is 11.6 Å². The van der Waals surface area contributed by atoms with Crippen LogP contribution in [0.15, 0.2) is 6.33 Å². The monoisotopic (exact) mass is 266 g/mol. The first kappa shape index (κ1) is 13.9. The van der Waals surface area contributed by atoms with Gasteiger partial charge in [-0.15, -0.1) is 0 Å². The van der Waals surface area contributed by atoms with Gasteiger partial charge in [-0.05, 0) is 25.2 Å². The molecule has 0 aromatic carbocycles. The van der Waals surface area contributed by atoms with Crippen molar-refractivity contribution < 1.29 is 9.84 Å². The van der Waals surface area contributed by atoms with Crippen molar-refractivity contribution in [1.82, 2.24) is 9.97 Å². The van der Waals surface area contributed by atoms with Crippen molar-refractivity contribution in [2.24, 2.45) is 5.92 Å². The number of nitrogens with one attached hydrogen (secondary N) is 2. The van der Waals surface area contributed by atoms with Crippen LogP contribution in [0.2, 0.25) is 0 Å². The molecule has 0 radical (unpaired) electrons. The maximum absolute atomic E-state index is 9.67. The highest BCUT2D eigenvalue weighted by Crippen LogP contribution is 2.30. The van der Waals surface area contributed by atoms with E-state index in [0.717, 1.165) is 32.2 Å². The second-order valence-corrected chi connectivity index (χ2v) is 4.92. The number of hydrogen-bond donors (Lipinski definition) is 3. The van der Waals surface area contributed by atoms with E-state index < -0.39 is 0 Å². The maximum Gasteiger partial charge on any atom is 0.204 e. The van der Waals surface area contributed by atoms with Gasteiger partial charge in [0.15, 0.2) is 11.6 Å². The largest absolute Gasteiger partial charge is 0.490 e. The highest BCUT2D eigenvalue weighted by Gasteiger charge is 2.20. The fourth-order valence-corrected chi connectivity index (χ4v) is 2.56. The summed E-state index contributed by atoms with van der Waals surface area (Å²) in [7, 11) is 3.40. The second kappa shape index (κ2) is 6.56. The summed E-state index contributed by atoms with van der Waals surface area (Å²) in [5.74, 6) is 2.48. The molecule has 3 N–H and O–H groups in total.